The standard InChI is InChI=1S/C22H23N3OS/c1-25(14-18-15-27-21(24-18)16-7-3-2-4-8-16)22(26)20-10-6-5-9-19(20)17-11-12-23-13-17/h2-10,15,17,23H,11-14H2,1H3/t17-/m1/s1. The SMILES string of the molecule is CN(Cc1csc(-c2ccccc2)n1)C(=O)c1ccccc1[C@@H]1CCNC1. The van der Waals surface area contributed by atoms with Crippen molar-refractivity contribution in [3.05, 3.63) is 76.8 Å². The molecular formula is C22H23N3OS. The molecule has 0 saturated carbocycles. The predicted molar refractivity (Wildman–Crippen MR) is 110 cm³/mol. The molecule has 0 aliphatic carbocycles. The van der Waals surface area contributed by atoms with E-state index in [9.17, 15) is 4.79 Å². The van der Waals surface area contributed by atoms with Gasteiger partial charge in [-0.2, -0.15) is 0 Å². The van der Waals surface area contributed by atoms with Gasteiger partial charge in [-0.15, -0.1) is 11.3 Å². The van der Waals surface area contributed by atoms with E-state index in [1.165, 1.54) is 0 Å². The molecule has 27 heavy (non-hydrogen) atoms. The Labute approximate surface area is 163 Å². The number of thiazole rings is 1. The predicted octanol–water partition coefficient (Wildman–Crippen LogP) is 4.16. The third kappa shape index (κ3) is 3.94. The molecule has 0 spiro atoms. The van der Waals surface area contributed by atoms with E-state index in [2.05, 4.69) is 23.5 Å². The molecule has 1 atom stereocenters. The first kappa shape index (κ1) is 17.9. The van der Waals surface area contributed by atoms with Crippen molar-refractivity contribution in [2.24, 2.45) is 0 Å². The van der Waals surface area contributed by atoms with Crippen LogP contribution in [0.3, 0.4) is 0 Å². The number of rotatable bonds is 5. The van der Waals surface area contributed by atoms with Crippen LogP contribution in [-0.2, 0) is 6.54 Å². The van der Waals surface area contributed by atoms with E-state index in [1.54, 1.807) is 16.2 Å². The van der Waals surface area contributed by atoms with Crippen molar-refractivity contribution in [1.82, 2.24) is 15.2 Å². The molecule has 1 aliphatic rings. The van der Waals surface area contributed by atoms with Crippen molar-refractivity contribution >= 4 is 17.2 Å². The van der Waals surface area contributed by atoms with Crippen molar-refractivity contribution in [3.63, 3.8) is 0 Å². The van der Waals surface area contributed by atoms with Gasteiger partial charge in [0.05, 0.1) is 12.2 Å². The molecule has 1 N–H and O–H groups in total. The molecule has 5 heteroatoms. The van der Waals surface area contributed by atoms with Crippen LogP contribution in [0, 0.1) is 0 Å². The number of carbonyl (C=O) groups excluding carboxylic acids is 1. The summed E-state index contributed by atoms with van der Waals surface area (Å²) in [6.07, 6.45) is 1.08. The lowest BCUT2D eigenvalue weighted by molar-refractivity contribution is 0.0782. The minimum Gasteiger partial charge on any atom is -0.336 e. The average Bonchev–Trinajstić information content (AvgIpc) is 3.40. The molecule has 1 fully saturated rings. The quantitative estimate of drug-likeness (QED) is 0.726. The average molecular weight is 378 g/mol. The molecule has 2 aromatic carbocycles. The molecule has 4 nitrogen and oxygen atoms in total. The summed E-state index contributed by atoms with van der Waals surface area (Å²) in [6, 6.07) is 18.2. The van der Waals surface area contributed by atoms with Gasteiger partial charge < -0.3 is 10.2 Å². The zero-order valence-corrected chi connectivity index (χ0v) is 16.2. The van der Waals surface area contributed by atoms with Crippen LogP contribution in [-0.4, -0.2) is 35.9 Å². The fourth-order valence-corrected chi connectivity index (χ4v) is 4.40. The second-order valence-electron chi connectivity index (χ2n) is 6.95. The first-order valence-electron chi connectivity index (χ1n) is 9.27. The molecule has 1 saturated heterocycles. The van der Waals surface area contributed by atoms with Crippen molar-refractivity contribution < 1.29 is 4.79 Å². The maximum Gasteiger partial charge on any atom is 0.254 e. The molecule has 2 heterocycles. The Morgan fingerprint density at radius 1 is 1.19 bits per heavy atom. The van der Waals surface area contributed by atoms with Gasteiger partial charge in [0.15, 0.2) is 0 Å². The number of carbonyl (C=O) groups is 1. The molecule has 1 amide bonds. The zero-order valence-electron chi connectivity index (χ0n) is 15.4. The summed E-state index contributed by atoms with van der Waals surface area (Å²) >= 11 is 1.62. The Balaban J connectivity index is 1.50. The van der Waals surface area contributed by atoms with Crippen LogP contribution in [0.5, 0.6) is 0 Å². The number of benzene rings is 2. The molecule has 1 aromatic heterocycles. The van der Waals surface area contributed by atoms with E-state index in [1.807, 2.05) is 48.8 Å². The van der Waals surface area contributed by atoms with Crippen molar-refractivity contribution in [2.45, 2.75) is 18.9 Å². The van der Waals surface area contributed by atoms with Crippen LogP contribution in [0.4, 0.5) is 0 Å². The number of hydrogen-bond acceptors (Lipinski definition) is 4. The van der Waals surface area contributed by atoms with Gasteiger partial charge in [0, 0.05) is 30.1 Å². The third-order valence-electron chi connectivity index (χ3n) is 5.01. The van der Waals surface area contributed by atoms with Crippen LogP contribution in [0.25, 0.3) is 10.6 Å². The highest BCUT2D eigenvalue weighted by atomic mass is 32.1. The summed E-state index contributed by atoms with van der Waals surface area (Å²) in [4.78, 5) is 19.6. The van der Waals surface area contributed by atoms with E-state index in [-0.39, 0.29) is 5.91 Å². The van der Waals surface area contributed by atoms with Gasteiger partial charge in [0.25, 0.3) is 5.91 Å². The Bertz CT molecular complexity index is 916. The number of hydrogen-bond donors (Lipinski definition) is 1. The minimum atomic E-state index is 0.0618. The highest BCUT2D eigenvalue weighted by Crippen LogP contribution is 2.27. The first-order valence-corrected chi connectivity index (χ1v) is 10.2. The lowest BCUT2D eigenvalue weighted by Gasteiger charge is -2.20. The number of nitrogens with zero attached hydrogens (tertiary/aromatic N) is 2. The zero-order chi connectivity index (χ0) is 18.6. The van der Waals surface area contributed by atoms with Crippen LogP contribution in [0.15, 0.2) is 60.0 Å². The van der Waals surface area contributed by atoms with Gasteiger partial charge in [0.2, 0.25) is 0 Å². The Hall–Kier alpha value is -2.50. The molecule has 1 aliphatic heterocycles. The lowest BCUT2D eigenvalue weighted by Crippen LogP contribution is -2.28. The Morgan fingerprint density at radius 3 is 2.74 bits per heavy atom. The number of nitrogens with one attached hydrogen (secondary N) is 1. The van der Waals surface area contributed by atoms with Gasteiger partial charge in [-0.1, -0.05) is 48.5 Å². The van der Waals surface area contributed by atoms with Crippen LogP contribution in [0.1, 0.15) is 34.0 Å². The lowest BCUT2D eigenvalue weighted by atomic mass is 9.93. The molecule has 4 rings (SSSR count). The smallest absolute Gasteiger partial charge is 0.254 e. The summed E-state index contributed by atoms with van der Waals surface area (Å²) < 4.78 is 0. The van der Waals surface area contributed by atoms with E-state index >= 15 is 0 Å². The molecule has 0 radical (unpaired) electrons. The molecule has 138 valence electrons. The molecule has 3 aromatic rings. The van der Waals surface area contributed by atoms with Gasteiger partial charge >= 0.3 is 0 Å². The molecule has 0 bridgehead atoms. The summed E-state index contributed by atoms with van der Waals surface area (Å²) in [5.41, 5.74) is 4.01. The second kappa shape index (κ2) is 8.03. The Kier molecular flexibility index (Phi) is 5.32. The van der Waals surface area contributed by atoms with Gasteiger partial charge in [0.1, 0.15) is 5.01 Å². The topological polar surface area (TPSA) is 45.2 Å². The second-order valence-corrected chi connectivity index (χ2v) is 7.81. The van der Waals surface area contributed by atoms with Crippen molar-refractivity contribution in [2.75, 3.05) is 20.1 Å². The number of amides is 1. The van der Waals surface area contributed by atoms with Crippen LogP contribution >= 0.6 is 11.3 Å². The summed E-state index contributed by atoms with van der Waals surface area (Å²) in [7, 11) is 1.85. The van der Waals surface area contributed by atoms with E-state index < -0.39 is 0 Å². The fraction of sp³-hybridized carbons (Fsp3) is 0.273. The van der Waals surface area contributed by atoms with E-state index in [0.29, 0.717) is 12.5 Å². The van der Waals surface area contributed by atoms with E-state index in [0.717, 1.165) is 46.9 Å². The normalized spacial score (nSPS) is 16.4. The van der Waals surface area contributed by atoms with Gasteiger partial charge in [-0.05, 0) is 30.5 Å². The maximum absolute atomic E-state index is 13.1. The summed E-state index contributed by atoms with van der Waals surface area (Å²) in [5.74, 6) is 0.481. The van der Waals surface area contributed by atoms with E-state index in [4.69, 9.17) is 4.98 Å². The monoisotopic (exact) mass is 377 g/mol. The molecule has 0 unspecified atom stereocenters. The van der Waals surface area contributed by atoms with Gasteiger partial charge in [-0.3, -0.25) is 4.79 Å². The summed E-state index contributed by atoms with van der Waals surface area (Å²) in [5, 5.41) is 6.42. The summed E-state index contributed by atoms with van der Waals surface area (Å²) in [6.45, 7) is 2.48. The highest BCUT2D eigenvalue weighted by molar-refractivity contribution is 7.13. The van der Waals surface area contributed by atoms with Crippen LogP contribution < -0.4 is 5.32 Å². The van der Waals surface area contributed by atoms with Crippen molar-refractivity contribution in [3.8, 4) is 10.6 Å². The third-order valence-corrected chi connectivity index (χ3v) is 5.95. The highest BCUT2D eigenvalue weighted by Gasteiger charge is 2.23. The van der Waals surface area contributed by atoms with Crippen LogP contribution in [0.2, 0.25) is 0 Å². The molecular weight excluding hydrogens is 354 g/mol. The fourth-order valence-electron chi connectivity index (χ4n) is 3.58. The largest absolute Gasteiger partial charge is 0.336 e. The minimum absolute atomic E-state index is 0.0618. The Morgan fingerprint density at radius 2 is 1.96 bits per heavy atom. The van der Waals surface area contributed by atoms with Gasteiger partial charge in [-0.25, -0.2) is 4.98 Å². The maximum atomic E-state index is 13.1. The first-order chi connectivity index (χ1) is 13.2. The van der Waals surface area contributed by atoms with Crippen molar-refractivity contribution in [1.29, 1.82) is 0 Å². The number of aromatic nitrogens is 1.